The van der Waals surface area contributed by atoms with Crippen LogP contribution in [0.2, 0.25) is 0 Å². The average Bonchev–Trinajstić information content (AvgIpc) is 2.85. The van der Waals surface area contributed by atoms with Crippen LogP contribution in [-0.2, 0) is 21.5 Å². The van der Waals surface area contributed by atoms with E-state index in [1.54, 1.807) is 49.4 Å². The minimum atomic E-state index is -3.89. The summed E-state index contributed by atoms with van der Waals surface area (Å²) in [6.45, 7) is -1.10. The van der Waals surface area contributed by atoms with Crippen LogP contribution in [-0.4, -0.2) is 49.5 Å². The third-order valence-corrected chi connectivity index (χ3v) is 6.33. The van der Waals surface area contributed by atoms with Crippen molar-refractivity contribution in [1.29, 1.82) is 0 Å². The van der Waals surface area contributed by atoms with Crippen LogP contribution in [0.4, 0.5) is 5.69 Å². The number of aryl methyl sites for hydroxylation is 1. The summed E-state index contributed by atoms with van der Waals surface area (Å²) < 4.78 is 51.4. The van der Waals surface area contributed by atoms with Crippen molar-refractivity contribution < 1.29 is 17.3 Å². The maximum atomic E-state index is 13.4. The van der Waals surface area contributed by atoms with Crippen LogP contribution < -0.4 is 4.90 Å². The van der Waals surface area contributed by atoms with Gasteiger partial charge in [0.2, 0.25) is 5.91 Å². The van der Waals surface area contributed by atoms with Gasteiger partial charge in [0, 0.05) is 36.9 Å². The van der Waals surface area contributed by atoms with Gasteiger partial charge in [-0.3, -0.25) is 4.79 Å². The number of amides is 1. The van der Waals surface area contributed by atoms with Gasteiger partial charge in [0.05, 0.1) is 0 Å². The van der Waals surface area contributed by atoms with Crippen LogP contribution >= 0.6 is 0 Å². The second kappa shape index (κ2) is 7.19. The molecule has 138 valence electrons. The highest BCUT2D eigenvalue weighted by molar-refractivity contribution is 7.87. The maximum absolute atomic E-state index is 13.4. The first kappa shape index (κ1) is 14.9. The quantitative estimate of drug-likeness (QED) is 0.820. The smallest absolute Gasteiger partial charge is 0.282 e. The SMILES string of the molecule is [2H]C([2H])([2H])N(C(=O)[C@@H]1CN(C)S(=O)(=O)N1Cc1ccccc1)c1cccc(C)c1. The molecule has 0 unspecified atom stereocenters. The maximum Gasteiger partial charge on any atom is 0.282 e. The average molecular weight is 376 g/mol. The molecule has 1 atom stereocenters. The van der Waals surface area contributed by atoms with Crippen LogP contribution in [0, 0.1) is 6.92 Å². The molecule has 0 radical (unpaired) electrons. The Morgan fingerprint density at radius 3 is 2.62 bits per heavy atom. The second-order valence-corrected chi connectivity index (χ2v) is 8.34. The number of nitrogens with zero attached hydrogens (tertiary/aromatic N) is 3. The standard InChI is InChI=1S/C19H23N3O3S/c1-15-8-7-11-17(12-15)21(3)19(23)18-14-20(2)26(24,25)22(18)13-16-9-5-4-6-10-16/h4-12,18H,13-14H2,1-3H3/t18-/m0/s1/i3D3. The highest BCUT2D eigenvalue weighted by atomic mass is 32.2. The number of carbonyl (C=O) groups excluding carboxylic acids is 1. The molecule has 1 aliphatic rings. The largest absolute Gasteiger partial charge is 0.314 e. The van der Waals surface area contributed by atoms with Crippen LogP contribution in [0.3, 0.4) is 0 Å². The molecule has 1 saturated heterocycles. The second-order valence-electron chi connectivity index (χ2n) is 6.35. The van der Waals surface area contributed by atoms with Crippen molar-refractivity contribution in [3.8, 4) is 0 Å². The zero-order chi connectivity index (χ0) is 21.4. The molecule has 0 bridgehead atoms. The van der Waals surface area contributed by atoms with Crippen molar-refractivity contribution in [2.24, 2.45) is 0 Å². The van der Waals surface area contributed by atoms with Gasteiger partial charge < -0.3 is 4.90 Å². The third-order valence-electron chi connectivity index (χ3n) is 4.41. The van der Waals surface area contributed by atoms with Crippen LogP contribution in [0.25, 0.3) is 0 Å². The highest BCUT2D eigenvalue weighted by Crippen LogP contribution is 2.26. The molecule has 1 heterocycles. The molecule has 0 aliphatic carbocycles. The molecule has 6 nitrogen and oxygen atoms in total. The zero-order valence-corrected chi connectivity index (χ0v) is 15.5. The minimum Gasteiger partial charge on any atom is -0.314 e. The lowest BCUT2D eigenvalue weighted by Gasteiger charge is -2.26. The lowest BCUT2D eigenvalue weighted by atomic mass is 10.1. The number of likely N-dealkylation sites (N-methyl/N-ethyl adjacent to an activating group) is 2. The summed E-state index contributed by atoms with van der Waals surface area (Å²) >= 11 is 0. The first-order valence-corrected chi connectivity index (χ1v) is 9.59. The first-order chi connectivity index (χ1) is 13.5. The molecular formula is C19H23N3O3S. The number of anilines is 1. The number of benzene rings is 2. The molecular weight excluding hydrogens is 350 g/mol. The van der Waals surface area contributed by atoms with Gasteiger partial charge in [0.1, 0.15) is 6.04 Å². The van der Waals surface area contributed by atoms with Gasteiger partial charge in [-0.2, -0.15) is 17.0 Å². The Kier molecular flexibility index (Phi) is 4.12. The van der Waals surface area contributed by atoms with Gasteiger partial charge in [-0.25, -0.2) is 0 Å². The van der Waals surface area contributed by atoms with E-state index in [9.17, 15) is 13.2 Å². The monoisotopic (exact) mass is 376 g/mol. The zero-order valence-electron chi connectivity index (χ0n) is 17.7. The van der Waals surface area contributed by atoms with E-state index in [0.29, 0.717) is 5.56 Å². The summed E-state index contributed by atoms with van der Waals surface area (Å²) in [5, 5.41) is 0. The molecule has 0 saturated carbocycles. The molecule has 1 amide bonds. The highest BCUT2D eigenvalue weighted by Gasteiger charge is 2.46. The number of hydrogen-bond donors (Lipinski definition) is 0. The van der Waals surface area contributed by atoms with E-state index in [-0.39, 0.29) is 18.8 Å². The summed E-state index contributed by atoms with van der Waals surface area (Å²) in [4.78, 5) is 14.1. The van der Waals surface area contributed by atoms with Crippen LogP contribution in [0.1, 0.15) is 15.2 Å². The van der Waals surface area contributed by atoms with Gasteiger partial charge in [-0.1, -0.05) is 42.5 Å². The number of carbonyl (C=O) groups is 1. The molecule has 0 N–H and O–H groups in total. The normalized spacial score (nSPS) is 22.4. The van der Waals surface area contributed by atoms with E-state index >= 15 is 0 Å². The fourth-order valence-corrected chi connectivity index (χ4v) is 4.45. The Morgan fingerprint density at radius 1 is 1.23 bits per heavy atom. The number of rotatable bonds is 4. The van der Waals surface area contributed by atoms with Gasteiger partial charge in [-0.15, -0.1) is 0 Å². The van der Waals surface area contributed by atoms with Gasteiger partial charge in [0.15, 0.2) is 0 Å². The van der Waals surface area contributed by atoms with Gasteiger partial charge >= 0.3 is 0 Å². The topological polar surface area (TPSA) is 60.9 Å². The molecule has 0 spiro atoms. The fourth-order valence-electron chi connectivity index (χ4n) is 2.97. The Balaban J connectivity index is 2.01. The molecule has 1 fully saturated rings. The lowest BCUT2D eigenvalue weighted by molar-refractivity contribution is -0.121. The van der Waals surface area contributed by atoms with Crippen molar-refractivity contribution in [3.63, 3.8) is 0 Å². The summed E-state index contributed by atoms with van der Waals surface area (Å²) in [6, 6.07) is 14.3. The molecule has 1 aliphatic heterocycles. The van der Waals surface area contributed by atoms with E-state index in [4.69, 9.17) is 4.11 Å². The third kappa shape index (κ3) is 3.51. The van der Waals surface area contributed by atoms with Gasteiger partial charge in [-0.05, 0) is 30.2 Å². The molecule has 7 heteroatoms. The molecule has 26 heavy (non-hydrogen) atoms. The van der Waals surface area contributed by atoms with Crippen LogP contribution in [0.5, 0.6) is 0 Å². The van der Waals surface area contributed by atoms with E-state index in [2.05, 4.69) is 0 Å². The summed E-state index contributed by atoms with van der Waals surface area (Å²) in [7, 11) is -2.51. The van der Waals surface area contributed by atoms with E-state index in [1.165, 1.54) is 13.1 Å². The Labute approximate surface area is 159 Å². The van der Waals surface area contributed by atoms with E-state index in [1.807, 2.05) is 6.07 Å². The number of hydrogen-bond acceptors (Lipinski definition) is 3. The first-order valence-electron chi connectivity index (χ1n) is 9.69. The van der Waals surface area contributed by atoms with Crippen molar-refractivity contribution in [2.75, 3.05) is 25.5 Å². The van der Waals surface area contributed by atoms with Gasteiger partial charge in [0.25, 0.3) is 10.2 Å². The fraction of sp³-hybridized carbons (Fsp3) is 0.316. The van der Waals surface area contributed by atoms with E-state index < -0.39 is 29.1 Å². The van der Waals surface area contributed by atoms with Crippen molar-refractivity contribution in [3.05, 3.63) is 65.7 Å². The Morgan fingerprint density at radius 2 is 1.96 bits per heavy atom. The van der Waals surface area contributed by atoms with Crippen molar-refractivity contribution >= 4 is 21.8 Å². The van der Waals surface area contributed by atoms with Crippen molar-refractivity contribution in [1.82, 2.24) is 8.61 Å². The van der Waals surface area contributed by atoms with Crippen molar-refractivity contribution in [2.45, 2.75) is 19.5 Å². The molecule has 3 rings (SSSR count). The molecule has 0 aromatic heterocycles. The summed E-state index contributed by atoms with van der Waals surface area (Å²) in [5.41, 5.74) is 1.71. The Hall–Kier alpha value is -2.22. The van der Waals surface area contributed by atoms with Crippen LogP contribution in [0.15, 0.2) is 54.6 Å². The Bertz CT molecular complexity index is 997. The summed E-state index contributed by atoms with van der Waals surface area (Å²) in [5.74, 6) is -0.778. The predicted octanol–water partition coefficient (Wildman–Crippen LogP) is 2.02. The molecule has 2 aromatic carbocycles. The lowest BCUT2D eigenvalue weighted by Crippen LogP contribution is -2.46. The minimum absolute atomic E-state index is 0.0213. The van der Waals surface area contributed by atoms with E-state index in [0.717, 1.165) is 19.1 Å². The predicted molar refractivity (Wildman–Crippen MR) is 102 cm³/mol. The summed E-state index contributed by atoms with van der Waals surface area (Å²) in [6.07, 6.45) is 0. The molecule has 2 aromatic rings.